The third-order valence-corrected chi connectivity index (χ3v) is 4.91. The van der Waals surface area contributed by atoms with Crippen LogP contribution in [0.2, 0.25) is 5.02 Å². The van der Waals surface area contributed by atoms with Gasteiger partial charge in [0, 0.05) is 15.1 Å². The van der Waals surface area contributed by atoms with E-state index in [1.54, 1.807) is 37.3 Å². The van der Waals surface area contributed by atoms with Crippen LogP contribution >= 0.6 is 27.5 Å². The van der Waals surface area contributed by atoms with Gasteiger partial charge in [-0.05, 0) is 48.9 Å². The molecule has 2 aromatic carbocycles. The van der Waals surface area contributed by atoms with Crippen LogP contribution in [-0.4, -0.2) is 25.0 Å². The number of nitrogens with zero attached hydrogens (tertiary/aromatic N) is 1. The molecule has 1 N–H and O–H groups in total. The number of carbonyl (C=O) groups is 3. The normalized spacial score (nSPS) is 15.9. The van der Waals surface area contributed by atoms with Gasteiger partial charge in [-0.2, -0.15) is 0 Å². The number of carbonyl (C=O) groups excluding carboxylic acids is 3. The third kappa shape index (κ3) is 3.74. The fourth-order valence-corrected chi connectivity index (χ4v) is 3.14. The number of urea groups is 1. The fourth-order valence-electron chi connectivity index (χ4n) is 2.59. The van der Waals surface area contributed by atoms with E-state index in [-0.39, 0.29) is 11.3 Å². The van der Waals surface area contributed by atoms with E-state index in [4.69, 9.17) is 16.3 Å². The fraction of sp³-hybridized carbons (Fsp3) is 0.105. The van der Waals surface area contributed by atoms with Crippen LogP contribution in [-0.2, 0) is 9.59 Å². The zero-order valence-electron chi connectivity index (χ0n) is 14.4. The Bertz CT molecular complexity index is 1000. The molecule has 1 aliphatic rings. The van der Waals surface area contributed by atoms with Gasteiger partial charge < -0.3 is 4.74 Å². The molecule has 1 saturated heterocycles. The van der Waals surface area contributed by atoms with Crippen molar-refractivity contribution in [1.29, 1.82) is 0 Å². The van der Waals surface area contributed by atoms with E-state index >= 15 is 0 Å². The Hall–Kier alpha value is -2.64. The molecule has 138 valence electrons. The molecule has 2 aromatic rings. The summed E-state index contributed by atoms with van der Waals surface area (Å²) in [5, 5.41) is 2.58. The molecular formula is C19H14BrClN2O4. The number of methoxy groups -OCH3 is 1. The van der Waals surface area contributed by atoms with Crippen LogP contribution in [0.4, 0.5) is 10.5 Å². The number of ether oxygens (including phenoxy) is 1. The van der Waals surface area contributed by atoms with Crippen molar-refractivity contribution in [3.63, 3.8) is 0 Å². The van der Waals surface area contributed by atoms with Crippen molar-refractivity contribution in [3.05, 3.63) is 62.6 Å². The minimum absolute atomic E-state index is 0.192. The average molecular weight is 450 g/mol. The molecule has 8 heteroatoms. The molecule has 0 aromatic heterocycles. The predicted octanol–water partition coefficient (Wildman–Crippen LogP) is 4.09. The molecule has 1 fully saturated rings. The summed E-state index contributed by atoms with van der Waals surface area (Å²) >= 11 is 9.45. The Labute approximate surface area is 168 Å². The van der Waals surface area contributed by atoms with Crippen LogP contribution in [0.15, 0.2) is 46.4 Å². The van der Waals surface area contributed by atoms with Gasteiger partial charge in [-0.1, -0.05) is 33.6 Å². The molecule has 0 spiro atoms. The highest BCUT2D eigenvalue weighted by molar-refractivity contribution is 9.10. The van der Waals surface area contributed by atoms with Crippen LogP contribution in [0, 0.1) is 6.92 Å². The number of aryl methyl sites for hydroxylation is 1. The second kappa shape index (κ2) is 7.54. The van der Waals surface area contributed by atoms with Crippen LogP contribution in [0.5, 0.6) is 5.75 Å². The van der Waals surface area contributed by atoms with Gasteiger partial charge in [-0.25, -0.2) is 9.69 Å². The van der Waals surface area contributed by atoms with Crippen LogP contribution in [0.3, 0.4) is 0 Å². The van der Waals surface area contributed by atoms with Crippen molar-refractivity contribution in [3.8, 4) is 5.75 Å². The molecule has 0 bridgehead atoms. The van der Waals surface area contributed by atoms with Gasteiger partial charge in [0.25, 0.3) is 11.8 Å². The number of imide groups is 2. The number of anilines is 1. The van der Waals surface area contributed by atoms with E-state index < -0.39 is 17.8 Å². The number of halogens is 2. The quantitative estimate of drug-likeness (QED) is 0.566. The summed E-state index contributed by atoms with van der Waals surface area (Å²) in [6, 6.07) is 9.12. The number of hydrogen-bond donors (Lipinski definition) is 1. The minimum atomic E-state index is -0.830. The summed E-state index contributed by atoms with van der Waals surface area (Å²) in [6.07, 6.45) is 1.39. The Morgan fingerprint density at radius 3 is 2.56 bits per heavy atom. The van der Waals surface area contributed by atoms with Gasteiger partial charge in [-0.3, -0.25) is 14.9 Å². The van der Waals surface area contributed by atoms with Crippen molar-refractivity contribution >= 4 is 57.1 Å². The summed E-state index contributed by atoms with van der Waals surface area (Å²) in [5.41, 5.74) is 1.40. The van der Waals surface area contributed by atoms with E-state index in [1.807, 2.05) is 0 Å². The molecule has 1 aliphatic heterocycles. The lowest BCUT2D eigenvalue weighted by atomic mass is 10.1. The third-order valence-electron chi connectivity index (χ3n) is 4.01. The minimum Gasteiger partial charge on any atom is -0.496 e. The van der Waals surface area contributed by atoms with Crippen molar-refractivity contribution in [1.82, 2.24) is 5.32 Å². The molecular weight excluding hydrogens is 436 g/mol. The highest BCUT2D eigenvalue weighted by Crippen LogP contribution is 2.29. The van der Waals surface area contributed by atoms with Gasteiger partial charge >= 0.3 is 6.03 Å². The zero-order valence-corrected chi connectivity index (χ0v) is 16.7. The van der Waals surface area contributed by atoms with Crippen molar-refractivity contribution in [2.75, 3.05) is 12.0 Å². The molecule has 6 nitrogen and oxygen atoms in total. The summed E-state index contributed by atoms with van der Waals surface area (Å²) in [5.74, 6) is -1.04. The second-order valence-electron chi connectivity index (χ2n) is 5.78. The van der Waals surface area contributed by atoms with Crippen molar-refractivity contribution in [2.24, 2.45) is 0 Å². The molecule has 1 heterocycles. The maximum absolute atomic E-state index is 12.9. The average Bonchev–Trinajstić information content (AvgIpc) is 2.61. The van der Waals surface area contributed by atoms with E-state index in [0.717, 1.165) is 14.9 Å². The van der Waals surface area contributed by atoms with Gasteiger partial charge in [0.15, 0.2) is 0 Å². The number of hydrogen-bond acceptors (Lipinski definition) is 4. The number of barbiturate groups is 1. The Morgan fingerprint density at radius 1 is 1.15 bits per heavy atom. The molecule has 27 heavy (non-hydrogen) atoms. The SMILES string of the molecule is COc1ccc(Br)cc1C=C1C(=O)NC(=O)N(c2ccc(C)c(Cl)c2)C1=O. The van der Waals surface area contributed by atoms with Gasteiger partial charge in [0.1, 0.15) is 11.3 Å². The number of benzene rings is 2. The maximum atomic E-state index is 12.9. The van der Waals surface area contributed by atoms with Crippen LogP contribution in [0.25, 0.3) is 6.08 Å². The molecule has 0 radical (unpaired) electrons. The highest BCUT2D eigenvalue weighted by atomic mass is 79.9. The zero-order chi connectivity index (χ0) is 19.7. The van der Waals surface area contributed by atoms with Crippen LogP contribution < -0.4 is 15.0 Å². The second-order valence-corrected chi connectivity index (χ2v) is 7.10. The lowest BCUT2D eigenvalue weighted by Crippen LogP contribution is -2.54. The topological polar surface area (TPSA) is 75.7 Å². The molecule has 0 atom stereocenters. The standard InChI is InChI=1S/C19H14BrClN2O4/c1-10-3-5-13(9-15(10)21)23-18(25)14(17(24)22-19(23)26)8-11-7-12(20)4-6-16(11)27-2/h3-9H,1-2H3,(H,22,24,26). The van der Waals surface area contributed by atoms with Crippen molar-refractivity contribution < 1.29 is 19.1 Å². The lowest BCUT2D eigenvalue weighted by Gasteiger charge is -2.26. The summed E-state index contributed by atoms with van der Waals surface area (Å²) < 4.78 is 6.01. The Balaban J connectivity index is 2.07. The first kappa shape index (κ1) is 19.1. The molecule has 0 unspecified atom stereocenters. The van der Waals surface area contributed by atoms with Gasteiger partial charge in [0.2, 0.25) is 0 Å². The number of nitrogens with one attached hydrogen (secondary N) is 1. The molecule has 0 saturated carbocycles. The van der Waals surface area contributed by atoms with E-state index in [0.29, 0.717) is 16.3 Å². The number of amides is 4. The summed E-state index contributed by atoms with van der Waals surface area (Å²) in [6.45, 7) is 1.80. The molecule has 3 rings (SSSR count). The largest absolute Gasteiger partial charge is 0.496 e. The van der Waals surface area contributed by atoms with Crippen molar-refractivity contribution in [2.45, 2.75) is 6.92 Å². The molecule has 0 aliphatic carbocycles. The van der Waals surface area contributed by atoms with E-state index in [2.05, 4.69) is 21.2 Å². The maximum Gasteiger partial charge on any atom is 0.335 e. The monoisotopic (exact) mass is 448 g/mol. The van der Waals surface area contributed by atoms with E-state index in [1.165, 1.54) is 19.3 Å². The lowest BCUT2D eigenvalue weighted by molar-refractivity contribution is -0.122. The first-order chi connectivity index (χ1) is 12.8. The predicted molar refractivity (Wildman–Crippen MR) is 106 cm³/mol. The number of rotatable bonds is 3. The summed E-state index contributed by atoms with van der Waals surface area (Å²) in [7, 11) is 1.48. The van der Waals surface area contributed by atoms with Crippen LogP contribution in [0.1, 0.15) is 11.1 Å². The first-order valence-electron chi connectivity index (χ1n) is 7.83. The Kier molecular flexibility index (Phi) is 5.34. The highest BCUT2D eigenvalue weighted by Gasteiger charge is 2.37. The van der Waals surface area contributed by atoms with E-state index in [9.17, 15) is 14.4 Å². The smallest absolute Gasteiger partial charge is 0.335 e. The van der Waals surface area contributed by atoms with Gasteiger partial charge in [0.05, 0.1) is 12.8 Å². The first-order valence-corrected chi connectivity index (χ1v) is 9.00. The Morgan fingerprint density at radius 2 is 1.89 bits per heavy atom. The molecule has 4 amide bonds. The van der Waals surface area contributed by atoms with Gasteiger partial charge in [-0.15, -0.1) is 0 Å². The summed E-state index contributed by atoms with van der Waals surface area (Å²) in [4.78, 5) is 38.3.